The van der Waals surface area contributed by atoms with Gasteiger partial charge < -0.3 is 0 Å². The molecule has 0 atom stereocenters. The van der Waals surface area contributed by atoms with Crippen LogP contribution < -0.4 is 0 Å². The minimum absolute atomic E-state index is 0.0885. The summed E-state index contributed by atoms with van der Waals surface area (Å²) in [5.74, 6) is -2.58. The van der Waals surface area contributed by atoms with Crippen molar-refractivity contribution in [1.29, 1.82) is 0 Å². The van der Waals surface area contributed by atoms with Crippen molar-refractivity contribution in [3.05, 3.63) is 65.9 Å². The van der Waals surface area contributed by atoms with Crippen LogP contribution in [0.1, 0.15) is 24.4 Å². The van der Waals surface area contributed by atoms with Crippen molar-refractivity contribution in [2.24, 2.45) is 0 Å². The van der Waals surface area contributed by atoms with Crippen LogP contribution in [-0.4, -0.2) is 38.0 Å². The number of nitrogens with zero attached hydrogens (tertiary/aromatic N) is 5. The maximum absolute atomic E-state index is 13.8. The molecule has 1 saturated heterocycles. The molecular formula is C19H18F3N5. The van der Waals surface area contributed by atoms with Crippen LogP contribution in [0.2, 0.25) is 0 Å². The second-order valence-electron chi connectivity index (χ2n) is 6.68. The maximum atomic E-state index is 13.8. The van der Waals surface area contributed by atoms with E-state index in [1.54, 1.807) is 12.4 Å². The third-order valence-electron chi connectivity index (χ3n) is 4.89. The van der Waals surface area contributed by atoms with Crippen molar-refractivity contribution in [3.8, 4) is 11.3 Å². The standard InChI is InChI=1S/C19H18F3N5/c20-14-8-17(21)16(18(22)9-14)11-26-6-3-15(4-7-26)27-12-19(24-25-27)13-2-1-5-23-10-13/h1-2,5,8-10,12,15H,3-4,6-7,11H2. The normalized spacial score (nSPS) is 16.0. The topological polar surface area (TPSA) is 46.8 Å². The van der Waals surface area contributed by atoms with Crippen molar-refractivity contribution < 1.29 is 13.2 Å². The van der Waals surface area contributed by atoms with Gasteiger partial charge in [0, 0.05) is 55.3 Å². The molecule has 27 heavy (non-hydrogen) atoms. The molecule has 3 heterocycles. The van der Waals surface area contributed by atoms with Crippen molar-refractivity contribution >= 4 is 0 Å². The van der Waals surface area contributed by atoms with E-state index < -0.39 is 17.5 Å². The lowest BCUT2D eigenvalue weighted by atomic mass is 10.0. The molecule has 0 radical (unpaired) electrons. The summed E-state index contributed by atoms with van der Waals surface area (Å²) in [6, 6.07) is 5.40. The van der Waals surface area contributed by atoms with Crippen LogP contribution in [0.3, 0.4) is 0 Å². The number of halogens is 3. The smallest absolute Gasteiger partial charge is 0.133 e. The fraction of sp³-hybridized carbons (Fsp3) is 0.316. The van der Waals surface area contributed by atoms with E-state index in [1.807, 2.05) is 27.9 Å². The lowest BCUT2D eigenvalue weighted by Gasteiger charge is -2.31. The predicted octanol–water partition coefficient (Wildman–Crippen LogP) is 3.59. The Morgan fingerprint density at radius 2 is 1.81 bits per heavy atom. The molecule has 3 aromatic rings. The Hall–Kier alpha value is -2.74. The molecule has 0 aliphatic carbocycles. The molecule has 1 aromatic carbocycles. The van der Waals surface area contributed by atoms with Crippen LogP contribution >= 0.6 is 0 Å². The number of hydrogen-bond donors (Lipinski definition) is 0. The van der Waals surface area contributed by atoms with Gasteiger partial charge >= 0.3 is 0 Å². The predicted molar refractivity (Wildman–Crippen MR) is 93.1 cm³/mol. The van der Waals surface area contributed by atoms with E-state index >= 15 is 0 Å². The molecule has 5 nitrogen and oxygen atoms in total. The van der Waals surface area contributed by atoms with E-state index in [-0.39, 0.29) is 18.2 Å². The highest BCUT2D eigenvalue weighted by atomic mass is 19.1. The molecule has 0 bridgehead atoms. The molecule has 1 aliphatic rings. The Kier molecular flexibility index (Phi) is 4.89. The Labute approximate surface area is 154 Å². The number of rotatable bonds is 4. The summed E-state index contributed by atoms with van der Waals surface area (Å²) in [6.07, 6.45) is 6.93. The lowest BCUT2D eigenvalue weighted by Crippen LogP contribution is -2.34. The summed E-state index contributed by atoms with van der Waals surface area (Å²) in [5, 5.41) is 8.43. The van der Waals surface area contributed by atoms with E-state index in [0.717, 1.165) is 36.2 Å². The molecule has 140 valence electrons. The molecule has 4 rings (SSSR count). The van der Waals surface area contributed by atoms with Crippen molar-refractivity contribution in [1.82, 2.24) is 24.9 Å². The summed E-state index contributed by atoms with van der Waals surface area (Å²) in [5.41, 5.74) is 1.58. The van der Waals surface area contributed by atoms with Crippen LogP contribution in [-0.2, 0) is 6.54 Å². The number of hydrogen-bond acceptors (Lipinski definition) is 4. The zero-order valence-electron chi connectivity index (χ0n) is 14.5. The molecule has 0 amide bonds. The highest BCUT2D eigenvalue weighted by Crippen LogP contribution is 2.26. The average Bonchev–Trinajstić information content (AvgIpc) is 3.16. The first-order valence-corrected chi connectivity index (χ1v) is 8.78. The van der Waals surface area contributed by atoms with Gasteiger partial charge in [-0.25, -0.2) is 17.9 Å². The summed E-state index contributed by atoms with van der Waals surface area (Å²) in [6.45, 7) is 1.47. The molecule has 2 aromatic heterocycles. The largest absolute Gasteiger partial charge is 0.299 e. The molecular weight excluding hydrogens is 355 g/mol. The number of likely N-dealkylation sites (tertiary alicyclic amines) is 1. The van der Waals surface area contributed by atoms with Crippen molar-refractivity contribution in [3.63, 3.8) is 0 Å². The van der Waals surface area contributed by atoms with Gasteiger partial charge in [-0.3, -0.25) is 9.88 Å². The summed E-state index contributed by atoms with van der Waals surface area (Å²) < 4.78 is 42.6. The first kappa shape index (κ1) is 17.7. The molecule has 8 heteroatoms. The molecule has 0 spiro atoms. The van der Waals surface area contributed by atoms with E-state index in [0.29, 0.717) is 13.1 Å². The van der Waals surface area contributed by atoms with Gasteiger partial charge in [0.15, 0.2) is 0 Å². The summed E-state index contributed by atoms with van der Waals surface area (Å²) >= 11 is 0. The van der Waals surface area contributed by atoms with Gasteiger partial charge in [-0.2, -0.15) is 0 Å². The van der Waals surface area contributed by atoms with Crippen LogP contribution in [0.25, 0.3) is 11.3 Å². The van der Waals surface area contributed by atoms with Gasteiger partial charge in [0.2, 0.25) is 0 Å². The van der Waals surface area contributed by atoms with Gasteiger partial charge in [-0.15, -0.1) is 5.10 Å². The molecule has 0 saturated carbocycles. The third-order valence-corrected chi connectivity index (χ3v) is 4.89. The second-order valence-corrected chi connectivity index (χ2v) is 6.68. The number of pyridine rings is 1. The van der Waals surface area contributed by atoms with Crippen LogP contribution in [0.5, 0.6) is 0 Å². The average molecular weight is 373 g/mol. The van der Waals surface area contributed by atoms with Crippen LogP contribution in [0.4, 0.5) is 13.2 Å². The first-order chi connectivity index (χ1) is 13.1. The van der Waals surface area contributed by atoms with E-state index in [2.05, 4.69) is 15.3 Å². The Morgan fingerprint density at radius 3 is 2.48 bits per heavy atom. The summed E-state index contributed by atoms with van der Waals surface area (Å²) in [7, 11) is 0. The zero-order chi connectivity index (χ0) is 18.8. The second kappa shape index (κ2) is 7.48. The lowest BCUT2D eigenvalue weighted by molar-refractivity contribution is 0.168. The quantitative estimate of drug-likeness (QED) is 0.701. The fourth-order valence-corrected chi connectivity index (χ4v) is 3.39. The van der Waals surface area contributed by atoms with Crippen molar-refractivity contribution in [2.45, 2.75) is 25.4 Å². The van der Waals surface area contributed by atoms with E-state index in [4.69, 9.17) is 0 Å². The number of aromatic nitrogens is 4. The molecule has 1 fully saturated rings. The first-order valence-electron chi connectivity index (χ1n) is 8.78. The SMILES string of the molecule is Fc1cc(F)c(CN2CCC(n3cc(-c4cccnc4)nn3)CC2)c(F)c1. The Bertz CT molecular complexity index is 897. The Morgan fingerprint density at radius 1 is 1.07 bits per heavy atom. The minimum atomic E-state index is -0.900. The van der Waals surface area contributed by atoms with Gasteiger partial charge in [-0.1, -0.05) is 5.21 Å². The van der Waals surface area contributed by atoms with Crippen LogP contribution in [0.15, 0.2) is 42.9 Å². The van der Waals surface area contributed by atoms with Crippen LogP contribution in [0, 0.1) is 17.5 Å². The van der Waals surface area contributed by atoms with Gasteiger partial charge in [-0.05, 0) is 25.0 Å². The fourth-order valence-electron chi connectivity index (χ4n) is 3.39. The molecule has 0 N–H and O–H groups in total. The Balaban J connectivity index is 1.39. The highest BCUT2D eigenvalue weighted by Gasteiger charge is 2.24. The number of benzene rings is 1. The molecule has 0 unspecified atom stereocenters. The van der Waals surface area contributed by atoms with Gasteiger partial charge in [0.25, 0.3) is 0 Å². The third kappa shape index (κ3) is 3.85. The maximum Gasteiger partial charge on any atom is 0.133 e. The minimum Gasteiger partial charge on any atom is -0.299 e. The highest BCUT2D eigenvalue weighted by molar-refractivity contribution is 5.55. The van der Waals surface area contributed by atoms with E-state index in [1.165, 1.54) is 0 Å². The zero-order valence-corrected chi connectivity index (χ0v) is 14.5. The summed E-state index contributed by atoms with van der Waals surface area (Å²) in [4.78, 5) is 6.05. The number of piperidine rings is 1. The monoisotopic (exact) mass is 373 g/mol. The molecule has 1 aliphatic heterocycles. The van der Waals surface area contributed by atoms with Crippen molar-refractivity contribution in [2.75, 3.05) is 13.1 Å². The van der Waals surface area contributed by atoms with Gasteiger partial charge in [0.05, 0.1) is 12.2 Å². The van der Waals surface area contributed by atoms with Gasteiger partial charge in [0.1, 0.15) is 23.1 Å². The van der Waals surface area contributed by atoms with E-state index in [9.17, 15) is 13.2 Å².